The van der Waals surface area contributed by atoms with Gasteiger partial charge in [-0.1, -0.05) is 26.7 Å². The van der Waals surface area contributed by atoms with Gasteiger partial charge in [0.05, 0.1) is 0 Å². The van der Waals surface area contributed by atoms with E-state index in [2.05, 4.69) is 13.8 Å². The summed E-state index contributed by atoms with van der Waals surface area (Å²) in [6.45, 7) is 4.22. The molecule has 3 heteroatoms. The van der Waals surface area contributed by atoms with E-state index >= 15 is 0 Å². The Bertz CT molecular complexity index is 502. The van der Waals surface area contributed by atoms with Crippen LogP contribution >= 0.6 is 0 Å². The molecule has 0 bridgehead atoms. The predicted octanol–water partition coefficient (Wildman–Crippen LogP) is 5.23. The summed E-state index contributed by atoms with van der Waals surface area (Å²) in [6, 6.07) is 0. The van der Waals surface area contributed by atoms with Crippen molar-refractivity contribution in [1.29, 1.82) is 0 Å². The molecule has 1 nitrogen and oxygen atoms in total. The van der Waals surface area contributed by atoms with Crippen LogP contribution in [-0.2, 0) is 4.79 Å². The topological polar surface area (TPSA) is 17.1 Å². The Morgan fingerprint density at radius 3 is 2.55 bits per heavy atom. The van der Waals surface area contributed by atoms with E-state index in [4.69, 9.17) is 0 Å². The molecule has 0 N–H and O–H groups in total. The van der Waals surface area contributed by atoms with E-state index in [-0.39, 0.29) is 29.1 Å². The molecule has 4 rings (SSSR count). The lowest BCUT2D eigenvalue weighted by Gasteiger charge is -2.61. The van der Waals surface area contributed by atoms with Gasteiger partial charge in [-0.25, -0.2) is 8.78 Å². The normalized spacial score (nSPS) is 53.5. The fraction of sp³-hybridized carbons (Fsp3) is 0.947. The summed E-state index contributed by atoms with van der Waals surface area (Å²) in [6.07, 6.45) is 7.19. The van der Waals surface area contributed by atoms with Gasteiger partial charge in [0.15, 0.2) is 0 Å². The van der Waals surface area contributed by atoms with Gasteiger partial charge >= 0.3 is 0 Å². The van der Waals surface area contributed by atoms with Crippen LogP contribution in [-0.4, -0.2) is 11.7 Å². The quantitative estimate of drug-likeness (QED) is 0.598. The highest BCUT2D eigenvalue weighted by molar-refractivity contribution is 5.87. The number of alkyl halides is 2. The molecule has 4 saturated carbocycles. The first-order valence-corrected chi connectivity index (χ1v) is 9.20. The van der Waals surface area contributed by atoms with Gasteiger partial charge in [-0.2, -0.15) is 0 Å². The van der Waals surface area contributed by atoms with E-state index in [1.54, 1.807) is 0 Å². The van der Waals surface area contributed by atoms with Crippen LogP contribution in [0.15, 0.2) is 0 Å². The lowest BCUT2D eigenvalue weighted by Crippen LogP contribution is -2.59. The molecule has 4 fully saturated rings. The molecule has 6 atom stereocenters. The van der Waals surface area contributed by atoms with Gasteiger partial charge in [0, 0.05) is 24.2 Å². The van der Waals surface area contributed by atoms with Crippen LogP contribution in [0.4, 0.5) is 8.78 Å². The molecule has 124 valence electrons. The van der Waals surface area contributed by atoms with Crippen LogP contribution in [0.1, 0.15) is 71.6 Å². The van der Waals surface area contributed by atoms with Crippen LogP contribution < -0.4 is 0 Å². The fourth-order valence-corrected chi connectivity index (χ4v) is 7.11. The van der Waals surface area contributed by atoms with Crippen molar-refractivity contribution >= 4 is 5.78 Å². The standard InChI is InChI=1S/C19H28F2O/c1-17-9-4-3-5-15(17)19(20,21)11-12-13-6-7-16(22)18(13,2)10-8-14(12)17/h12-15H,3-11H2,1-2H3/t12-,13-,14-,15+,17+,18+/m1/s1. The zero-order valence-electron chi connectivity index (χ0n) is 13.8. The summed E-state index contributed by atoms with van der Waals surface area (Å²) in [5.74, 6) is -1.91. The van der Waals surface area contributed by atoms with E-state index in [1.807, 2.05) is 0 Å². The Labute approximate surface area is 132 Å². The van der Waals surface area contributed by atoms with Crippen LogP contribution in [0.3, 0.4) is 0 Å². The lowest BCUT2D eigenvalue weighted by atomic mass is 9.44. The highest BCUT2D eigenvalue weighted by Gasteiger charge is 2.66. The third kappa shape index (κ3) is 1.77. The van der Waals surface area contributed by atoms with E-state index in [0.29, 0.717) is 24.5 Å². The van der Waals surface area contributed by atoms with Crippen molar-refractivity contribution in [2.45, 2.75) is 77.6 Å². The number of carbonyl (C=O) groups is 1. The maximum absolute atomic E-state index is 15.0. The smallest absolute Gasteiger partial charge is 0.251 e. The molecule has 0 amide bonds. The van der Waals surface area contributed by atoms with Crippen LogP contribution in [0, 0.1) is 34.5 Å². The second kappa shape index (κ2) is 4.54. The number of rotatable bonds is 0. The average molecular weight is 310 g/mol. The molecule has 0 aromatic carbocycles. The first kappa shape index (κ1) is 15.1. The minimum Gasteiger partial charge on any atom is -0.299 e. The Kier molecular flexibility index (Phi) is 3.11. The zero-order chi connectivity index (χ0) is 15.8. The third-order valence-corrected chi connectivity index (χ3v) is 8.27. The van der Waals surface area contributed by atoms with Crippen molar-refractivity contribution in [1.82, 2.24) is 0 Å². The highest BCUT2D eigenvalue weighted by Crippen LogP contribution is 2.68. The van der Waals surface area contributed by atoms with Gasteiger partial charge in [0.1, 0.15) is 5.78 Å². The van der Waals surface area contributed by atoms with Gasteiger partial charge < -0.3 is 0 Å². The highest BCUT2D eigenvalue weighted by atomic mass is 19.3. The number of halogens is 2. The fourth-order valence-electron chi connectivity index (χ4n) is 7.11. The molecule has 0 unspecified atom stereocenters. The summed E-state index contributed by atoms with van der Waals surface area (Å²) in [4.78, 5) is 12.3. The third-order valence-electron chi connectivity index (χ3n) is 8.27. The van der Waals surface area contributed by atoms with Crippen LogP contribution in [0.2, 0.25) is 0 Å². The summed E-state index contributed by atoms with van der Waals surface area (Å²) in [7, 11) is 0. The van der Waals surface area contributed by atoms with E-state index < -0.39 is 11.8 Å². The van der Waals surface area contributed by atoms with Crippen molar-refractivity contribution in [3.05, 3.63) is 0 Å². The monoisotopic (exact) mass is 310 g/mol. The molecule has 4 aliphatic carbocycles. The minimum absolute atomic E-state index is 0.0471. The maximum Gasteiger partial charge on any atom is 0.251 e. The van der Waals surface area contributed by atoms with E-state index in [1.165, 1.54) is 0 Å². The maximum atomic E-state index is 15.0. The second-order valence-electron chi connectivity index (χ2n) is 9.06. The molecule has 0 radical (unpaired) electrons. The van der Waals surface area contributed by atoms with Crippen molar-refractivity contribution in [3.8, 4) is 0 Å². The van der Waals surface area contributed by atoms with Gasteiger partial charge in [-0.05, 0) is 55.3 Å². The van der Waals surface area contributed by atoms with Gasteiger partial charge in [0.25, 0.3) is 5.92 Å². The lowest BCUT2D eigenvalue weighted by molar-refractivity contribution is -0.222. The van der Waals surface area contributed by atoms with Gasteiger partial charge in [-0.3, -0.25) is 4.79 Å². The first-order valence-electron chi connectivity index (χ1n) is 9.20. The molecule has 0 spiro atoms. The molecule has 0 heterocycles. The van der Waals surface area contributed by atoms with Gasteiger partial charge in [-0.15, -0.1) is 0 Å². The Morgan fingerprint density at radius 2 is 1.77 bits per heavy atom. The number of carbonyl (C=O) groups excluding carboxylic acids is 1. The summed E-state index contributed by atoms with van der Waals surface area (Å²) in [5, 5.41) is 0. The molecule has 0 aromatic rings. The minimum atomic E-state index is -2.53. The zero-order valence-corrected chi connectivity index (χ0v) is 13.8. The van der Waals surface area contributed by atoms with Crippen molar-refractivity contribution in [2.24, 2.45) is 34.5 Å². The first-order chi connectivity index (χ1) is 10.3. The van der Waals surface area contributed by atoms with Crippen molar-refractivity contribution < 1.29 is 13.6 Å². The SMILES string of the molecule is C[C@@]12CCCC[C@@H]1C(F)(F)C[C@H]1[C@H]2CC[C@]2(C)C(=O)CC[C@H]12. The summed E-state index contributed by atoms with van der Waals surface area (Å²) >= 11 is 0. The van der Waals surface area contributed by atoms with Crippen LogP contribution in [0.25, 0.3) is 0 Å². The molecular weight excluding hydrogens is 282 g/mol. The molecule has 4 aliphatic rings. The van der Waals surface area contributed by atoms with Crippen molar-refractivity contribution in [2.75, 3.05) is 0 Å². The number of hydrogen-bond acceptors (Lipinski definition) is 1. The largest absolute Gasteiger partial charge is 0.299 e. The molecule has 0 saturated heterocycles. The Hall–Kier alpha value is -0.470. The summed E-state index contributed by atoms with van der Waals surface area (Å²) < 4.78 is 29.9. The second-order valence-corrected chi connectivity index (χ2v) is 9.06. The number of hydrogen-bond donors (Lipinski definition) is 0. The van der Waals surface area contributed by atoms with Crippen molar-refractivity contribution in [3.63, 3.8) is 0 Å². The number of fused-ring (bicyclic) bond motifs is 5. The molecule has 0 aromatic heterocycles. The Balaban J connectivity index is 1.74. The number of Topliss-reactive ketones (excluding diaryl/α,β-unsaturated/α-hetero) is 1. The predicted molar refractivity (Wildman–Crippen MR) is 81.7 cm³/mol. The van der Waals surface area contributed by atoms with E-state index in [0.717, 1.165) is 38.5 Å². The van der Waals surface area contributed by atoms with E-state index in [9.17, 15) is 13.6 Å². The van der Waals surface area contributed by atoms with Gasteiger partial charge in [0.2, 0.25) is 0 Å². The molecular formula is C19H28F2O. The summed E-state index contributed by atoms with van der Waals surface area (Å²) in [5.41, 5.74) is -0.493. The number of ketones is 1. The van der Waals surface area contributed by atoms with Crippen LogP contribution in [0.5, 0.6) is 0 Å². The molecule has 22 heavy (non-hydrogen) atoms. The average Bonchev–Trinajstić information content (AvgIpc) is 2.74. The molecule has 0 aliphatic heterocycles. The Morgan fingerprint density at radius 1 is 1.00 bits per heavy atom.